The maximum Gasteiger partial charge on any atom is 0.410 e. The fraction of sp³-hybridized carbons (Fsp3) is 0.524. The van der Waals surface area contributed by atoms with Crippen LogP contribution in [-0.4, -0.2) is 40.9 Å². The van der Waals surface area contributed by atoms with Gasteiger partial charge in [0.25, 0.3) is 0 Å². The Balaban J connectivity index is 1.48. The molecule has 2 aromatic rings. The first-order valence-corrected chi connectivity index (χ1v) is 11.7. The highest BCUT2D eigenvalue weighted by molar-refractivity contribution is 7.98. The van der Waals surface area contributed by atoms with Crippen molar-refractivity contribution in [1.82, 2.24) is 9.88 Å². The smallest absolute Gasteiger partial charge is 0.410 e. The molecule has 152 valence electrons. The molecule has 0 aliphatic carbocycles. The zero-order valence-electron chi connectivity index (χ0n) is 17.0. The Hall–Kier alpha value is -1.73. The fourth-order valence-corrected chi connectivity index (χ4v) is 4.53. The predicted octanol–water partition coefficient (Wildman–Crippen LogP) is 5.59. The van der Waals surface area contributed by atoms with Crippen LogP contribution >= 0.6 is 23.1 Å². The lowest BCUT2D eigenvalue weighted by molar-refractivity contribution is 0.0205. The number of hydrogen-bond donors (Lipinski definition) is 1. The average molecular weight is 420 g/mol. The van der Waals surface area contributed by atoms with Crippen LogP contribution in [-0.2, 0) is 11.3 Å². The van der Waals surface area contributed by atoms with Crippen LogP contribution in [0.2, 0.25) is 0 Å². The molecule has 1 aliphatic heterocycles. The first-order valence-electron chi connectivity index (χ1n) is 9.64. The quantitative estimate of drug-likeness (QED) is 0.640. The number of ether oxygens (including phenoxy) is 1. The third kappa shape index (κ3) is 5.88. The molecule has 0 saturated carbocycles. The van der Waals surface area contributed by atoms with E-state index in [9.17, 15) is 4.79 Å². The second kappa shape index (κ2) is 9.18. The van der Waals surface area contributed by atoms with Gasteiger partial charge in [-0.3, -0.25) is 0 Å². The number of piperidine rings is 1. The number of rotatable bonds is 5. The molecule has 0 unspecified atom stereocenters. The Morgan fingerprint density at radius 1 is 1.29 bits per heavy atom. The standard InChI is InChI=1S/C21H29N3O2S2/c1-21(2,3)26-20(25)24-11-9-15(10-12-24)19-23-17(14-28-19)13-22-16-5-7-18(27-4)8-6-16/h5-8,14-15,22H,9-13H2,1-4H3. The number of carbonyl (C=O) groups excluding carboxylic acids is 1. The second-order valence-electron chi connectivity index (χ2n) is 8.00. The number of thiazole rings is 1. The molecule has 28 heavy (non-hydrogen) atoms. The summed E-state index contributed by atoms with van der Waals surface area (Å²) in [5, 5.41) is 6.75. The number of nitrogens with one attached hydrogen (secondary N) is 1. The Morgan fingerprint density at radius 3 is 2.57 bits per heavy atom. The van der Waals surface area contributed by atoms with Crippen LogP contribution in [0.3, 0.4) is 0 Å². The van der Waals surface area contributed by atoms with Crippen molar-refractivity contribution in [3.63, 3.8) is 0 Å². The number of benzene rings is 1. The summed E-state index contributed by atoms with van der Waals surface area (Å²) >= 11 is 3.47. The van der Waals surface area contributed by atoms with Gasteiger partial charge in [0.1, 0.15) is 5.60 Å². The minimum absolute atomic E-state index is 0.206. The number of anilines is 1. The first-order chi connectivity index (χ1) is 13.3. The molecule has 3 rings (SSSR count). The zero-order chi connectivity index (χ0) is 20.1. The zero-order valence-corrected chi connectivity index (χ0v) is 18.7. The molecule has 7 heteroatoms. The molecule has 0 atom stereocenters. The fourth-order valence-electron chi connectivity index (χ4n) is 3.13. The summed E-state index contributed by atoms with van der Waals surface area (Å²) in [6.45, 7) is 7.90. The molecule has 1 aromatic heterocycles. The van der Waals surface area contributed by atoms with E-state index in [2.05, 4.69) is 41.2 Å². The van der Waals surface area contributed by atoms with Crippen LogP contribution in [0.5, 0.6) is 0 Å². The molecule has 1 fully saturated rings. The molecule has 1 aliphatic rings. The molecule has 1 saturated heterocycles. The van der Waals surface area contributed by atoms with Crippen LogP contribution in [0, 0.1) is 0 Å². The molecule has 0 bridgehead atoms. The van der Waals surface area contributed by atoms with E-state index in [1.165, 1.54) is 9.90 Å². The highest BCUT2D eigenvalue weighted by atomic mass is 32.2. The highest BCUT2D eigenvalue weighted by Crippen LogP contribution is 2.31. The van der Waals surface area contributed by atoms with Crippen molar-refractivity contribution in [3.05, 3.63) is 40.3 Å². The van der Waals surface area contributed by atoms with Gasteiger partial charge in [0, 0.05) is 35.0 Å². The second-order valence-corrected chi connectivity index (χ2v) is 9.77. The van der Waals surface area contributed by atoms with E-state index in [0.717, 1.165) is 43.9 Å². The Kier molecular flexibility index (Phi) is 6.88. The number of amides is 1. The van der Waals surface area contributed by atoms with Gasteiger partial charge in [-0.1, -0.05) is 0 Å². The van der Waals surface area contributed by atoms with Crippen LogP contribution in [0.15, 0.2) is 34.5 Å². The van der Waals surface area contributed by atoms with Crippen molar-refractivity contribution in [3.8, 4) is 0 Å². The average Bonchev–Trinajstić information content (AvgIpc) is 3.14. The van der Waals surface area contributed by atoms with Gasteiger partial charge in [-0.15, -0.1) is 23.1 Å². The molecular weight excluding hydrogens is 390 g/mol. The summed E-state index contributed by atoms with van der Waals surface area (Å²) in [7, 11) is 0. The monoisotopic (exact) mass is 419 g/mol. The SMILES string of the molecule is CSc1ccc(NCc2csc(C3CCN(C(=O)OC(C)(C)C)CC3)n2)cc1. The number of aromatic nitrogens is 1. The summed E-state index contributed by atoms with van der Waals surface area (Å²) in [4.78, 5) is 20.1. The van der Waals surface area contributed by atoms with E-state index in [-0.39, 0.29) is 6.09 Å². The lowest BCUT2D eigenvalue weighted by atomic mass is 9.98. The Morgan fingerprint density at radius 2 is 1.96 bits per heavy atom. The van der Waals surface area contributed by atoms with E-state index in [0.29, 0.717) is 5.92 Å². The summed E-state index contributed by atoms with van der Waals surface area (Å²) in [5.74, 6) is 0.429. The van der Waals surface area contributed by atoms with Gasteiger partial charge >= 0.3 is 6.09 Å². The summed E-state index contributed by atoms with van der Waals surface area (Å²) in [6, 6.07) is 8.45. The first kappa shape index (κ1) is 21.0. The number of hydrogen-bond acceptors (Lipinski definition) is 6. The van der Waals surface area contributed by atoms with Crippen molar-refractivity contribution in [1.29, 1.82) is 0 Å². The van der Waals surface area contributed by atoms with E-state index >= 15 is 0 Å². The number of thioether (sulfide) groups is 1. The van der Waals surface area contributed by atoms with Gasteiger partial charge in [0.15, 0.2) is 0 Å². The van der Waals surface area contributed by atoms with Gasteiger partial charge in [0.05, 0.1) is 17.2 Å². The van der Waals surface area contributed by atoms with Gasteiger partial charge in [-0.2, -0.15) is 0 Å². The van der Waals surface area contributed by atoms with Crippen molar-refractivity contribution in [2.75, 3.05) is 24.7 Å². The van der Waals surface area contributed by atoms with Crippen LogP contribution < -0.4 is 5.32 Å². The molecule has 1 amide bonds. The molecular formula is C21H29N3O2S2. The molecule has 0 spiro atoms. The lowest BCUT2D eigenvalue weighted by Gasteiger charge is -2.32. The van der Waals surface area contributed by atoms with Gasteiger partial charge in [-0.25, -0.2) is 9.78 Å². The largest absolute Gasteiger partial charge is 0.444 e. The topological polar surface area (TPSA) is 54.5 Å². The van der Waals surface area contributed by atoms with Gasteiger partial charge in [0.2, 0.25) is 0 Å². The Bertz CT molecular complexity index is 776. The summed E-state index contributed by atoms with van der Waals surface area (Å²) < 4.78 is 5.48. The van der Waals surface area contributed by atoms with E-state index in [1.807, 2.05) is 25.7 Å². The Labute approximate surface area is 175 Å². The molecule has 0 radical (unpaired) electrons. The van der Waals surface area contributed by atoms with Gasteiger partial charge < -0.3 is 15.0 Å². The van der Waals surface area contributed by atoms with Crippen molar-refractivity contribution < 1.29 is 9.53 Å². The molecule has 1 aromatic carbocycles. The van der Waals surface area contributed by atoms with Crippen LogP contribution in [0.4, 0.5) is 10.5 Å². The molecule has 5 nitrogen and oxygen atoms in total. The van der Waals surface area contributed by atoms with E-state index in [1.54, 1.807) is 23.1 Å². The third-order valence-corrected chi connectivity index (χ3v) is 6.43. The normalized spacial score (nSPS) is 15.5. The van der Waals surface area contributed by atoms with Crippen LogP contribution in [0.1, 0.15) is 50.2 Å². The van der Waals surface area contributed by atoms with E-state index < -0.39 is 5.60 Å². The maximum absolute atomic E-state index is 12.2. The van der Waals surface area contributed by atoms with Crippen molar-refractivity contribution >= 4 is 34.9 Å². The number of nitrogens with zero attached hydrogens (tertiary/aromatic N) is 2. The van der Waals surface area contributed by atoms with Crippen molar-refractivity contribution in [2.24, 2.45) is 0 Å². The maximum atomic E-state index is 12.2. The minimum Gasteiger partial charge on any atom is -0.444 e. The minimum atomic E-state index is -0.444. The summed E-state index contributed by atoms with van der Waals surface area (Å²) in [5.41, 5.74) is 1.74. The lowest BCUT2D eigenvalue weighted by Crippen LogP contribution is -2.41. The van der Waals surface area contributed by atoms with E-state index in [4.69, 9.17) is 9.72 Å². The van der Waals surface area contributed by atoms with Crippen LogP contribution in [0.25, 0.3) is 0 Å². The van der Waals surface area contributed by atoms with Crippen molar-refractivity contribution in [2.45, 2.75) is 56.6 Å². The number of carbonyl (C=O) groups is 1. The molecule has 2 heterocycles. The summed E-state index contributed by atoms with van der Waals surface area (Å²) in [6.07, 6.45) is 3.76. The number of likely N-dealkylation sites (tertiary alicyclic amines) is 1. The molecule has 1 N–H and O–H groups in total. The highest BCUT2D eigenvalue weighted by Gasteiger charge is 2.28. The predicted molar refractivity (Wildman–Crippen MR) is 117 cm³/mol. The third-order valence-electron chi connectivity index (χ3n) is 4.63. The van der Waals surface area contributed by atoms with Gasteiger partial charge in [-0.05, 0) is 64.1 Å².